The molecule has 3 nitrogen and oxygen atoms in total. The zero-order valence-electron chi connectivity index (χ0n) is 6.29. The van der Waals surface area contributed by atoms with Gasteiger partial charge in [-0.3, -0.25) is 4.79 Å². The molecule has 0 saturated heterocycles. The quantitative estimate of drug-likeness (QED) is 0.529. The number of Topliss-reactive ketones (excluding diaryl/α,β-unsaturated/α-hetero) is 1. The van der Waals surface area contributed by atoms with Gasteiger partial charge in [0, 0.05) is 18.3 Å². The minimum atomic E-state index is 0.0214. The molecule has 0 fully saturated rings. The highest BCUT2D eigenvalue weighted by Crippen LogP contribution is 1.99. The maximum atomic E-state index is 11.1. The molecule has 0 radical (unpaired) electrons. The summed E-state index contributed by atoms with van der Waals surface area (Å²) in [5.41, 5.74) is 0.910. The van der Waals surface area contributed by atoms with Crippen LogP contribution in [0.5, 0.6) is 0 Å². The summed E-state index contributed by atoms with van der Waals surface area (Å²) < 4.78 is 0. The van der Waals surface area contributed by atoms with Gasteiger partial charge in [0.2, 0.25) is 0 Å². The molecule has 0 amide bonds. The molecule has 1 aromatic heterocycles. The van der Waals surface area contributed by atoms with Gasteiger partial charge in [-0.25, -0.2) is 4.98 Å². The largest absolute Gasteiger partial charge is 0.340 e. The van der Waals surface area contributed by atoms with Crippen LogP contribution in [0.1, 0.15) is 22.7 Å². The second-order valence-electron chi connectivity index (χ2n) is 2.31. The third-order valence-corrected chi connectivity index (χ3v) is 1.53. The van der Waals surface area contributed by atoms with E-state index in [9.17, 15) is 4.79 Å². The van der Waals surface area contributed by atoms with E-state index in [1.165, 1.54) is 0 Å². The van der Waals surface area contributed by atoms with Gasteiger partial charge in [-0.05, 0) is 12.7 Å². The summed E-state index contributed by atoms with van der Waals surface area (Å²) in [7, 11) is 0. The van der Waals surface area contributed by atoms with Crippen LogP contribution < -0.4 is 0 Å². The number of carbonyl (C=O) groups is 1. The number of aromatic nitrogens is 2. The number of hydrogen-bond acceptors (Lipinski definition) is 3. The number of aromatic amines is 1. The van der Waals surface area contributed by atoms with Crippen molar-refractivity contribution in [2.45, 2.75) is 13.3 Å². The van der Waals surface area contributed by atoms with E-state index in [1.54, 1.807) is 6.20 Å². The Morgan fingerprint density at radius 2 is 2.55 bits per heavy atom. The van der Waals surface area contributed by atoms with Crippen molar-refractivity contribution in [3.63, 3.8) is 0 Å². The predicted octanol–water partition coefficient (Wildman–Crippen LogP) is 1.22. The van der Waals surface area contributed by atoms with Crippen LogP contribution >= 0.6 is 12.6 Å². The molecule has 4 heteroatoms. The summed E-state index contributed by atoms with van der Waals surface area (Å²) in [5.74, 6) is 1.03. The van der Waals surface area contributed by atoms with Crippen molar-refractivity contribution in [1.82, 2.24) is 9.97 Å². The van der Waals surface area contributed by atoms with Crippen molar-refractivity contribution in [1.29, 1.82) is 0 Å². The van der Waals surface area contributed by atoms with Crippen LogP contribution in [-0.2, 0) is 0 Å². The lowest BCUT2D eigenvalue weighted by molar-refractivity contribution is 0.0980. The molecule has 1 N–H and O–H groups in total. The number of aryl methyl sites for hydroxylation is 1. The second-order valence-corrected chi connectivity index (χ2v) is 2.76. The van der Waals surface area contributed by atoms with E-state index < -0.39 is 0 Å². The highest BCUT2D eigenvalue weighted by Gasteiger charge is 2.06. The Balaban J connectivity index is 2.69. The summed E-state index contributed by atoms with van der Waals surface area (Å²) in [6.45, 7) is 1.87. The molecule has 0 aromatic carbocycles. The first-order chi connectivity index (χ1) is 5.24. The van der Waals surface area contributed by atoms with E-state index in [0.29, 0.717) is 18.0 Å². The molecular weight excluding hydrogens is 160 g/mol. The van der Waals surface area contributed by atoms with Gasteiger partial charge >= 0.3 is 0 Å². The molecule has 0 spiro atoms. The topological polar surface area (TPSA) is 45.8 Å². The van der Waals surface area contributed by atoms with Crippen LogP contribution in [0.2, 0.25) is 0 Å². The maximum Gasteiger partial charge on any atom is 0.198 e. The molecular formula is C7H10N2OS. The zero-order chi connectivity index (χ0) is 8.27. The van der Waals surface area contributed by atoms with Crippen molar-refractivity contribution in [2.75, 3.05) is 5.75 Å². The minimum Gasteiger partial charge on any atom is -0.340 e. The Morgan fingerprint density at radius 1 is 1.82 bits per heavy atom. The van der Waals surface area contributed by atoms with Crippen LogP contribution in [0.4, 0.5) is 0 Å². The summed E-state index contributed by atoms with van der Waals surface area (Å²) in [5, 5.41) is 0. The summed E-state index contributed by atoms with van der Waals surface area (Å²) >= 11 is 3.95. The van der Waals surface area contributed by atoms with Crippen molar-refractivity contribution in [3.8, 4) is 0 Å². The highest BCUT2D eigenvalue weighted by atomic mass is 32.1. The average molecular weight is 170 g/mol. The molecule has 0 saturated carbocycles. The van der Waals surface area contributed by atoms with Gasteiger partial charge < -0.3 is 4.98 Å². The normalized spacial score (nSPS) is 10.0. The number of ketones is 1. The molecule has 0 atom stereocenters. The minimum absolute atomic E-state index is 0.0214. The fourth-order valence-electron chi connectivity index (χ4n) is 0.774. The fraction of sp³-hybridized carbons (Fsp3) is 0.429. The number of nitrogens with one attached hydrogen (secondary N) is 1. The maximum absolute atomic E-state index is 11.1. The monoisotopic (exact) mass is 170 g/mol. The third-order valence-electron chi connectivity index (χ3n) is 1.31. The molecule has 0 aliphatic heterocycles. The lowest BCUT2D eigenvalue weighted by atomic mass is 10.3. The molecule has 11 heavy (non-hydrogen) atoms. The van der Waals surface area contributed by atoms with E-state index in [1.807, 2.05) is 6.92 Å². The summed E-state index contributed by atoms with van der Waals surface area (Å²) in [4.78, 5) is 17.9. The van der Waals surface area contributed by atoms with E-state index >= 15 is 0 Å². The molecule has 0 unspecified atom stereocenters. The first-order valence-corrected chi connectivity index (χ1v) is 4.03. The number of imidazole rings is 1. The number of rotatable bonds is 3. The van der Waals surface area contributed by atoms with Crippen LogP contribution in [0.3, 0.4) is 0 Å². The molecule has 0 aliphatic rings. The smallest absolute Gasteiger partial charge is 0.198 e. The Hall–Kier alpha value is -0.770. The Morgan fingerprint density at radius 3 is 3.00 bits per heavy atom. The molecule has 1 rings (SSSR count). The number of thiol groups is 1. The van der Waals surface area contributed by atoms with Crippen molar-refractivity contribution >= 4 is 18.4 Å². The molecule has 0 bridgehead atoms. The van der Waals surface area contributed by atoms with Crippen LogP contribution in [0.25, 0.3) is 0 Å². The van der Waals surface area contributed by atoms with Crippen LogP contribution in [0, 0.1) is 6.92 Å². The van der Waals surface area contributed by atoms with Gasteiger partial charge in [0.15, 0.2) is 11.6 Å². The Labute approximate surface area is 70.6 Å². The van der Waals surface area contributed by atoms with Gasteiger partial charge in [-0.15, -0.1) is 0 Å². The highest BCUT2D eigenvalue weighted by molar-refractivity contribution is 7.80. The number of carbonyl (C=O) groups excluding carboxylic acids is 1. The predicted molar refractivity (Wildman–Crippen MR) is 46.1 cm³/mol. The van der Waals surface area contributed by atoms with E-state index in [-0.39, 0.29) is 5.78 Å². The first kappa shape index (κ1) is 8.33. The molecule has 1 aromatic rings. The SMILES string of the molecule is Cc1cnc(C(=O)CCS)[nH]1. The van der Waals surface area contributed by atoms with Gasteiger partial charge in [-0.2, -0.15) is 12.6 Å². The number of H-pyrrole nitrogens is 1. The van der Waals surface area contributed by atoms with E-state index in [2.05, 4.69) is 22.6 Å². The fourth-order valence-corrected chi connectivity index (χ4v) is 0.977. The summed E-state index contributed by atoms with van der Waals surface area (Å²) in [6, 6.07) is 0. The third kappa shape index (κ3) is 2.08. The van der Waals surface area contributed by atoms with Crippen molar-refractivity contribution in [3.05, 3.63) is 17.7 Å². The lowest BCUT2D eigenvalue weighted by Crippen LogP contribution is -2.01. The lowest BCUT2D eigenvalue weighted by Gasteiger charge is -1.90. The summed E-state index contributed by atoms with van der Waals surface area (Å²) in [6.07, 6.45) is 2.09. The number of hydrogen-bond donors (Lipinski definition) is 2. The standard InChI is InChI=1S/C7H10N2OS/c1-5-4-8-7(9-5)6(10)2-3-11/h4,11H,2-3H2,1H3,(H,8,9). The molecule has 1 heterocycles. The van der Waals surface area contributed by atoms with E-state index in [0.717, 1.165) is 5.69 Å². The van der Waals surface area contributed by atoms with Crippen molar-refractivity contribution in [2.24, 2.45) is 0 Å². The van der Waals surface area contributed by atoms with Gasteiger partial charge in [0.05, 0.1) is 0 Å². The van der Waals surface area contributed by atoms with Crippen LogP contribution in [-0.4, -0.2) is 21.5 Å². The van der Waals surface area contributed by atoms with Gasteiger partial charge in [0.25, 0.3) is 0 Å². The average Bonchev–Trinajstić information content (AvgIpc) is 2.36. The van der Waals surface area contributed by atoms with Crippen molar-refractivity contribution < 1.29 is 4.79 Å². The first-order valence-electron chi connectivity index (χ1n) is 3.39. The van der Waals surface area contributed by atoms with E-state index in [4.69, 9.17) is 0 Å². The molecule has 60 valence electrons. The zero-order valence-corrected chi connectivity index (χ0v) is 7.19. The Kier molecular flexibility index (Phi) is 2.70. The van der Waals surface area contributed by atoms with Crippen LogP contribution in [0.15, 0.2) is 6.20 Å². The second kappa shape index (κ2) is 3.57. The number of nitrogens with zero attached hydrogens (tertiary/aromatic N) is 1. The van der Waals surface area contributed by atoms with Gasteiger partial charge in [0.1, 0.15) is 0 Å². The molecule has 0 aliphatic carbocycles. The Bertz CT molecular complexity index is 257. The van der Waals surface area contributed by atoms with Gasteiger partial charge in [-0.1, -0.05) is 0 Å².